The van der Waals surface area contributed by atoms with Crippen LogP contribution in [0.3, 0.4) is 0 Å². The fourth-order valence-electron chi connectivity index (χ4n) is 2.63. The number of benzene rings is 2. The minimum atomic E-state index is 0.671. The van der Waals surface area contributed by atoms with E-state index in [1.54, 1.807) is 0 Å². The average molecular weight is 313 g/mol. The van der Waals surface area contributed by atoms with Crippen molar-refractivity contribution in [2.45, 2.75) is 72.6 Å². The normalized spacial score (nSPS) is 12.1. The molecule has 0 saturated carbocycles. The zero-order valence-corrected chi connectivity index (χ0v) is 16.0. The summed E-state index contributed by atoms with van der Waals surface area (Å²) < 4.78 is 0. The van der Waals surface area contributed by atoms with E-state index in [2.05, 4.69) is 74.5 Å². The molecule has 0 aromatic heterocycles. The Labute approximate surface area is 145 Å². The lowest BCUT2D eigenvalue weighted by atomic mass is 9.91. The highest BCUT2D eigenvalue weighted by Gasteiger charge is 2.08. The molecule has 128 valence electrons. The van der Waals surface area contributed by atoms with Gasteiger partial charge in [-0.15, -0.1) is 0 Å². The maximum atomic E-state index is 2.34. The van der Waals surface area contributed by atoms with Gasteiger partial charge in [0, 0.05) is 0 Å². The summed E-state index contributed by atoms with van der Waals surface area (Å²) in [7, 11) is 0. The smallest absolute Gasteiger partial charge is 0.0190 e. The molecule has 0 saturated heterocycles. The second-order valence-electron chi connectivity index (χ2n) is 5.55. The molecule has 0 bridgehead atoms. The van der Waals surface area contributed by atoms with Crippen molar-refractivity contribution < 1.29 is 0 Å². The van der Waals surface area contributed by atoms with Gasteiger partial charge in [0.1, 0.15) is 0 Å². The molecular formula is C23H36. The SMILES string of the molecule is CC.CC.CC(CCCC(C)c1ccccc1)c1ccccc1. The molecule has 0 amide bonds. The Balaban J connectivity index is 0.00000112. The van der Waals surface area contributed by atoms with Crippen LogP contribution in [0.1, 0.15) is 83.8 Å². The van der Waals surface area contributed by atoms with Crippen LogP contribution in [0.15, 0.2) is 60.7 Å². The predicted molar refractivity (Wildman–Crippen MR) is 106 cm³/mol. The second-order valence-corrected chi connectivity index (χ2v) is 5.55. The Hall–Kier alpha value is -1.56. The van der Waals surface area contributed by atoms with Crippen molar-refractivity contribution in [3.05, 3.63) is 71.8 Å². The van der Waals surface area contributed by atoms with Gasteiger partial charge < -0.3 is 0 Å². The van der Waals surface area contributed by atoms with E-state index in [0.29, 0.717) is 11.8 Å². The molecule has 0 aliphatic carbocycles. The minimum absolute atomic E-state index is 0.671. The van der Waals surface area contributed by atoms with Crippen LogP contribution in [-0.4, -0.2) is 0 Å². The van der Waals surface area contributed by atoms with Crippen LogP contribution in [0.2, 0.25) is 0 Å². The average Bonchev–Trinajstić information content (AvgIpc) is 2.66. The monoisotopic (exact) mass is 312 g/mol. The number of rotatable bonds is 6. The zero-order chi connectivity index (χ0) is 17.5. The first kappa shape index (κ1) is 21.4. The van der Waals surface area contributed by atoms with E-state index in [0.717, 1.165) is 0 Å². The summed E-state index contributed by atoms with van der Waals surface area (Å²) in [6, 6.07) is 21.7. The first-order valence-electron chi connectivity index (χ1n) is 9.37. The number of hydrogen-bond acceptors (Lipinski definition) is 0. The van der Waals surface area contributed by atoms with Gasteiger partial charge in [0.25, 0.3) is 0 Å². The zero-order valence-electron chi connectivity index (χ0n) is 16.0. The fraction of sp³-hybridized carbons (Fsp3) is 0.478. The summed E-state index contributed by atoms with van der Waals surface area (Å²) in [5.74, 6) is 1.34. The molecule has 0 N–H and O–H groups in total. The third-order valence-corrected chi connectivity index (χ3v) is 4.01. The third kappa shape index (κ3) is 8.59. The quantitative estimate of drug-likeness (QED) is 0.510. The van der Waals surface area contributed by atoms with Gasteiger partial charge >= 0.3 is 0 Å². The molecule has 0 aliphatic heterocycles. The molecule has 2 rings (SSSR count). The second kappa shape index (κ2) is 14.1. The first-order valence-corrected chi connectivity index (χ1v) is 9.37. The summed E-state index contributed by atoms with van der Waals surface area (Å²) in [4.78, 5) is 0. The largest absolute Gasteiger partial charge is 0.0683 e. The molecule has 0 spiro atoms. The van der Waals surface area contributed by atoms with Crippen LogP contribution < -0.4 is 0 Å². The van der Waals surface area contributed by atoms with Gasteiger partial charge in [-0.05, 0) is 35.8 Å². The topological polar surface area (TPSA) is 0 Å². The summed E-state index contributed by atoms with van der Waals surface area (Å²) in [6.07, 6.45) is 3.86. The lowest BCUT2D eigenvalue weighted by molar-refractivity contribution is 0.561. The van der Waals surface area contributed by atoms with Crippen molar-refractivity contribution in [2.75, 3.05) is 0 Å². The summed E-state index contributed by atoms with van der Waals surface area (Å²) >= 11 is 0. The standard InChI is InChI=1S/C19H24.2C2H6/c1-16(18-12-5-3-6-13-18)10-9-11-17(2)19-14-7-4-8-15-19;2*1-2/h3-8,12-17H,9-11H2,1-2H3;2*1-2H3. The highest BCUT2D eigenvalue weighted by molar-refractivity contribution is 5.19. The summed E-state index contributed by atoms with van der Waals surface area (Å²) in [5, 5.41) is 0. The molecular weight excluding hydrogens is 276 g/mol. The lowest BCUT2D eigenvalue weighted by Gasteiger charge is -2.15. The number of hydrogen-bond donors (Lipinski definition) is 0. The van der Waals surface area contributed by atoms with E-state index in [1.807, 2.05) is 27.7 Å². The van der Waals surface area contributed by atoms with Crippen molar-refractivity contribution in [2.24, 2.45) is 0 Å². The summed E-state index contributed by atoms with van der Waals surface area (Å²) in [6.45, 7) is 12.7. The van der Waals surface area contributed by atoms with Crippen molar-refractivity contribution in [1.29, 1.82) is 0 Å². The van der Waals surface area contributed by atoms with Gasteiger partial charge in [-0.3, -0.25) is 0 Å². The molecule has 0 nitrogen and oxygen atoms in total. The van der Waals surface area contributed by atoms with E-state index in [9.17, 15) is 0 Å². The Kier molecular flexibility index (Phi) is 13.1. The Morgan fingerprint density at radius 1 is 0.565 bits per heavy atom. The van der Waals surface area contributed by atoms with Crippen LogP contribution in [0.25, 0.3) is 0 Å². The maximum Gasteiger partial charge on any atom is -0.0190 e. The van der Waals surface area contributed by atoms with Gasteiger partial charge in [0.05, 0.1) is 0 Å². The Morgan fingerprint density at radius 2 is 0.870 bits per heavy atom. The molecule has 0 heterocycles. The Bertz CT molecular complexity index is 412. The van der Waals surface area contributed by atoms with E-state index < -0.39 is 0 Å². The van der Waals surface area contributed by atoms with Crippen molar-refractivity contribution in [3.8, 4) is 0 Å². The van der Waals surface area contributed by atoms with Crippen molar-refractivity contribution in [3.63, 3.8) is 0 Å². The predicted octanol–water partition coefficient (Wildman–Crippen LogP) is 7.82. The third-order valence-electron chi connectivity index (χ3n) is 4.01. The molecule has 23 heavy (non-hydrogen) atoms. The maximum absolute atomic E-state index is 2.34. The van der Waals surface area contributed by atoms with E-state index in [4.69, 9.17) is 0 Å². The van der Waals surface area contributed by atoms with Crippen LogP contribution in [-0.2, 0) is 0 Å². The fourth-order valence-corrected chi connectivity index (χ4v) is 2.63. The molecule has 0 heteroatoms. The highest BCUT2D eigenvalue weighted by atomic mass is 14.1. The van der Waals surface area contributed by atoms with Crippen molar-refractivity contribution >= 4 is 0 Å². The molecule has 2 aromatic rings. The van der Waals surface area contributed by atoms with Gasteiger partial charge in [-0.1, -0.05) is 109 Å². The minimum Gasteiger partial charge on any atom is -0.0683 e. The van der Waals surface area contributed by atoms with Gasteiger partial charge in [-0.2, -0.15) is 0 Å². The molecule has 0 fully saturated rings. The van der Waals surface area contributed by atoms with Crippen LogP contribution in [0.4, 0.5) is 0 Å². The van der Waals surface area contributed by atoms with Crippen LogP contribution in [0, 0.1) is 0 Å². The first-order chi connectivity index (χ1) is 11.3. The molecule has 2 unspecified atom stereocenters. The highest BCUT2D eigenvalue weighted by Crippen LogP contribution is 2.26. The Morgan fingerprint density at radius 3 is 1.17 bits per heavy atom. The molecule has 2 aromatic carbocycles. The van der Waals surface area contributed by atoms with Crippen LogP contribution >= 0.6 is 0 Å². The van der Waals surface area contributed by atoms with Gasteiger partial charge in [0.15, 0.2) is 0 Å². The molecule has 0 aliphatic rings. The molecule has 0 radical (unpaired) electrons. The molecule has 2 atom stereocenters. The van der Waals surface area contributed by atoms with E-state index in [1.165, 1.54) is 30.4 Å². The summed E-state index contributed by atoms with van der Waals surface area (Å²) in [5.41, 5.74) is 2.93. The lowest BCUT2D eigenvalue weighted by Crippen LogP contribution is -1.97. The van der Waals surface area contributed by atoms with Crippen LogP contribution in [0.5, 0.6) is 0 Å². The van der Waals surface area contributed by atoms with Gasteiger partial charge in [0.2, 0.25) is 0 Å². The van der Waals surface area contributed by atoms with E-state index in [-0.39, 0.29) is 0 Å². The van der Waals surface area contributed by atoms with E-state index >= 15 is 0 Å². The van der Waals surface area contributed by atoms with Crippen molar-refractivity contribution in [1.82, 2.24) is 0 Å². The van der Waals surface area contributed by atoms with Gasteiger partial charge in [-0.25, -0.2) is 0 Å².